The van der Waals surface area contributed by atoms with Gasteiger partial charge in [0, 0.05) is 25.5 Å². The lowest BCUT2D eigenvalue weighted by Crippen LogP contribution is -2.38. The van der Waals surface area contributed by atoms with Crippen molar-refractivity contribution >= 4 is 11.9 Å². The van der Waals surface area contributed by atoms with Gasteiger partial charge in [0.15, 0.2) is 0 Å². The molecule has 1 saturated heterocycles. The number of aromatic carboxylic acids is 1. The predicted octanol–water partition coefficient (Wildman–Crippen LogP) is 0.689. The fourth-order valence-electron chi connectivity index (χ4n) is 1.77. The van der Waals surface area contributed by atoms with Gasteiger partial charge in [-0.1, -0.05) is 0 Å². The van der Waals surface area contributed by atoms with Gasteiger partial charge in [-0.15, -0.1) is 0 Å². The van der Waals surface area contributed by atoms with Gasteiger partial charge in [-0.3, -0.25) is 4.79 Å². The molecule has 6 heteroatoms. The van der Waals surface area contributed by atoms with E-state index in [1.54, 1.807) is 0 Å². The monoisotopic (exact) mass is 250 g/mol. The molecule has 0 atom stereocenters. The van der Waals surface area contributed by atoms with E-state index in [0.29, 0.717) is 18.8 Å². The standard InChI is InChI=1S/C12H14N2O4/c15-11(14-9-3-5-18-6-4-9)8-1-2-10(12(16)17)13-7-8/h1-2,7,9H,3-6H2,(H,14,15)(H,16,17). The Morgan fingerprint density at radius 1 is 1.33 bits per heavy atom. The first-order valence-electron chi connectivity index (χ1n) is 5.75. The molecule has 0 saturated carbocycles. The van der Waals surface area contributed by atoms with Crippen LogP contribution in [0, 0.1) is 0 Å². The zero-order valence-corrected chi connectivity index (χ0v) is 9.76. The summed E-state index contributed by atoms with van der Waals surface area (Å²) in [7, 11) is 0. The van der Waals surface area contributed by atoms with Crippen LogP contribution in [0.15, 0.2) is 18.3 Å². The lowest BCUT2D eigenvalue weighted by molar-refractivity contribution is 0.0680. The molecule has 2 rings (SSSR count). The zero-order chi connectivity index (χ0) is 13.0. The van der Waals surface area contributed by atoms with E-state index in [2.05, 4.69) is 10.3 Å². The predicted molar refractivity (Wildman–Crippen MR) is 62.5 cm³/mol. The van der Waals surface area contributed by atoms with Gasteiger partial charge >= 0.3 is 5.97 Å². The van der Waals surface area contributed by atoms with Gasteiger partial charge in [-0.2, -0.15) is 0 Å². The third-order valence-electron chi connectivity index (χ3n) is 2.80. The first kappa shape index (κ1) is 12.5. The smallest absolute Gasteiger partial charge is 0.354 e. The topological polar surface area (TPSA) is 88.5 Å². The largest absolute Gasteiger partial charge is 0.477 e. The third kappa shape index (κ3) is 3.04. The number of pyridine rings is 1. The third-order valence-corrected chi connectivity index (χ3v) is 2.80. The fraction of sp³-hybridized carbons (Fsp3) is 0.417. The number of rotatable bonds is 3. The maximum absolute atomic E-state index is 11.9. The van der Waals surface area contributed by atoms with Crippen molar-refractivity contribution in [3.63, 3.8) is 0 Å². The van der Waals surface area contributed by atoms with Gasteiger partial charge in [0.1, 0.15) is 5.69 Å². The van der Waals surface area contributed by atoms with Crippen LogP contribution < -0.4 is 5.32 Å². The van der Waals surface area contributed by atoms with Crippen molar-refractivity contribution in [1.82, 2.24) is 10.3 Å². The van der Waals surface area contributed by atoms with E-state index < -0.39 is 5.97 Å². The Hall–Kier alpha value is -1.95. The minimum atomic E-state index is -1.11. The van der Waals surface area contributed by atoms with E-state index in [9.17, 15) is 9.59 Å². The van der Waals surface area contributed by atoms with Crippen molar-refractivity contribution < 1.29 is 19.4 Å². The second-order valence-corrected chi connectivity index (χ2v) is 4.10. The van der Waals surface area contributed by atoms with Crippen LogP contribution in [0.3, 0.4) is 0 Å². The van der Waals surface area contributed by atoms with Crippen LogP contribution in [0.2, 0.25) is 0 Å². The Labute approximate surface area is 104 Å². The summed E-state index contributed by atoms with van der Waals surface area (Å²) in [5, 5.41) is 11.6. The highest BCUT2D eigenvalue weighted by atomic mass is 16.5. The van der Waals surface area contributed by atoms with Gasteiger partial charge in [0.2, 0.25) is 0 Å². The molecule has 2 heterocycles. The second kappa shape index (κ2) is 5.59. The van der Waals surface area contributed by atoms with Crippen molar-refractivity contribution in [2.45, 2.75) is 18.9 Å². The SMILES string of the molecule is O=C(NC1CCOCC1)c1ccc(C(=O)O)nc1. The molecule has 0 bridgehead atoms. The van der Waals surface area contributed by atoms with Crippen molar-refractivity contribution in [3.05, 3.63) is 29.6 Å². The minimum Gasteiger partial charge on any atom is -0.477 e. The van der Waals surface area contributed by atoms with Crippen LogP contribution in [0.4, 0.5) is 0 Å². The summed E-state index contributed by atoms with van der Waals surface area (Å²) in [6.45, 7) is 1.31. The van der Waals surface area contributed by atoms with E-state index >= 15 is 0 Å². The summed E-state index contributed by atoms with van der Waals surface area (Å²) >= 11 is 0. The number of carboxylic acids is 1. The van der Waals surface area contributed by atoms with Crippen LogP contribution >= 0.6 is 0 Å². The molecule has 0 aliphatic carbocycles. The van der Waals surface area contributed by atoms with E-state index in [1.165, 1.54) is 18.3 Å². The van der Waals surface area contributed by atoms with Gasteiger partial charge < -0.3 is 15.2 Å². The Morgan fingerprint density at radius 2 is 2.06 bits per heavy atom. The number of carbonyl (C=O) groups excluding carboxylic acids is 1. The Balaban J connectivity index is 1.97. The number of nitrogens with one attached hydrogen (secondary N) is 1. The molecule has 18 heavy (non-hydrogen) atoms. The second-order valence-electron chi connectivity index (χ2n) is 4.10. The first-order valence-corrected chi connectivity index (χ1v) is 5.75. The minimum absolute atomic E-state index is 0.0717. The average Bonchev–Trinajstić information content (AvgIpc) is 2.40. The highest BCUT2D eigenvalue weighted by Crippen LogP contribution is 2.08. The molecule has 0 unspecified atom stereocenters. The molecule has 1 fully saturated rings. The Morgan fingerprint density at radius 3 is 2.61 bits per heavy atom. The molecule has 1 aromatic rings. The quantitative estimate of drug-likeness (QED) is 0.823. The number of amides is 1. The van der Waals surface area contributed by atoms with Crippen LogP contribution in [-0.2, 0) is 4.74 Å². The number of carbonyl (C=O) groups is 2. The normalized spacial score (nSPS) is 16.2. The molecular formula is C12H14N2O4. The van der Waals surface area contributed by atoms with E-state index in [4.69, 9.17) is 9.84 Å². The van der Waals surface area contributed by atoms with Crippen LogP contribution in [0.25, 0.3) is 0 Å². The van der Waals surface area contributed by atoms with E-state index in [0.717, 1.165) is 12.8 Å². The first-order chi connectivity index (χ1) is 8.66. The molecule has 1 aliphatic rings. The number of aromatic nitrogens is 1. The highest BCUT2D eigenvalue weighted by Gasteiger charge is 2.17. The van der Waals surface area contributed by atoms with Gasteiger partial charge in [0.25, 0.3) is 5.91 Å². The van der Waals surface area contributed by atoms with Crippen LogP contribution in [0.5, 0.6) is 0 Å². The summed E-state index contributed by atoms with van der Waals surface area (Å²) in [6, 6.07) is 2.90. The van der Waals surface area contributed by atoms with Crippen molar-refractivity contribution in [2.24, 2.45) is 0 Å². The van der Waals surface area contributed by atoms with Crippen molar-refractivity contribution in [1.29, 1.82) is 0 Å². The number of nitrogens with zero attached hydrogens (tertiary/aromatic N) is 1. The summed E-state index contributed by atoms with van der Waals surface area (Å²) in [4.78, 5) is 26.2. The molecule has 1 aliphatic heterocycles. The van der Waals surface area contributed by atoms with E-state index in [-0.39, 0.29) is 17.6 Å². The lowest BCUT2D eigenvalue weighted by atomic mass is 10.1. The van der Waals surface area contributed by atoms with E-state index in [1.807, 2.05) is 0 Å². The molecule has 0 radical (unpaired) electrons. The van der Waals surface area contributed by atoms with Gasteiger partial charge in [-0.05, 0) is 25.0 Å². The summed E-state index contributed by atoms with van der Waals surface area (Å²) in [5.41, 5.74) is 0.295. The molecule has 6 nitrogen and oxygen atoms in total. The molecule has 1 amide bonds. The maximum atomic E-state index is 11.9. The fourth-order valence-corrected chi connectivity index (χ4v) is 1.77. The maximum Gasteiger partial charge on any atom is 0.354 e. The number of hydrogen-bond acceptors (Lipinski definition) is 4. The summed E-state index contributed by atoms with van der Waals surface area (Å²) < 4.78 is 5.20. The summed E-state index contributed by atoms with van der Waals surface area (Å²) in [5.74, 6) is -1.34. The number of hydrogen-bond donors (Lipinski definition) is 2. The molecule has 0 spiro atoms. The molecule has 2 N–H and O–H groups in total. The molecule has 96 valence electrons. The average molecular weight is 250 g/mol. The van der Waals surface area contributed by atoms with Crippen LogP contribution in [-0.4, -0.2) is 41.2 Å². The van der Waals surface area contributed by atoms with Crippen molar-refractivity contribution in [3.8, 4) is 0 Å². The zero-order valence-electron chi connectivity index (χ0n) is 9.76. The highest BCUT2D eigenvalue weighted by molar-refractivity contribution is 5.95. The molecule has 0 aromatic carbocycles. The Kier molecular flexibility index (Phi) is 3.88. The number of carboxylic acid groups (broad SMARTS) is 1. The van der Waals surface area contributed by atoms with Gasteiger partial charge in [0.05, 0.1) is 5.56 Å². The molecular weight excluding hydrogens is 236 g/mol. The Bertz CT molecular complexity index is 438. The number of ether oxygens (including phenoxy) is 1. The van der Waals surface area contributed by atoms with Gasteiger partial charge in [-0.25, -0.2) is 9.78 Å². The lowest BCUT2D eigenvalue weighted by Gasteiger charge is -2.23. The summed E-state index contributed by atoms with van der Waals surface area (Å²) in [6.07, 6.45) is 2.87. The van der Waals surface area contributed by atoms with Crippen LogP contribution in [0.1, 0.15) is 33.7 Å². The van der Waals surface area contributed by atoms with Crippen molar-refractivity contribution in [2.75, 3.05) is 13.2 Å². The molecule has 1 aromatic heterocycles.